The van der Waals surface area contributed by atoms with Gasteiger partial charge < -0.3 is 4.74 Å². The van der Waals surface area contributed by atoms with Crippen LogP contribution in [-0.4, -0.2) is 14.8 Å². The van der Waals surface area contributed by atoms with Crippen LogP contribution in [-0.2, 0) is 20.1 Å². The maximum absolute atomic E-state index is 8.56. The first-order chi connectivity index (χ1) is 8.29. The van der Waals surface area contributed by atoms with E-state index in [9.17, 15) is 0 Å². The highest BCUT2D eigenvalue weighted by Crippen LogP contribution is 2.09. The number of ether oxygens (including phenoxy) is 1. The van der Waals surface area contributed by atoms with Crippen LogP contribution < -0.4 is 4.74 Å². The van der Waals surface area contributed by atoms with Crippen LogP contribution in [0.4, 0.5) is 0 Å². The molecule has 0 aliphatic rings. The van der Waals surface area contributed by atoms with Gasteiger partial charge in [-0.3, -0.25) is 4.57 Å². The summed E-state index contributed by atoms with van der Waals surface area (Å²) in [7, 11) is 1.82. The summed E-state index contributed by atoms with van der Waals surface area (Å²) in [5.74, 6) is 0. The van der Waals surface area contributed by atoms with Crippen LogP contribution in [0.5, 0.6) is 6.01 Å². The van der Waals surface area contributed by atoms with Crippen molar-refractivity contribution >= 4 is 0 Å². The highest BCUT2D eigenvalue weighted by atomic mass is 16.5. The molecule has 5 heteroatoms. The van der Waals surface area contributed by atoms with E-state index in [1.807, 2.05) is 31.3 Å². The first-order valence-corrected chi connectivity index (χ1v) is 5.21. The lowest BCUT2D eigenvalue weighted by Gasteiger charge is -2.04. The zero-order valence-corrected chi connectivity index (χ0v) is 9.50. The Morgan fingerprint density at radius 1 is 1.29 bits per heavy atom. The largest absolute Gasteiger partial charge is 0.459 e. The molecule has 0 N–H and O–H groups in total. The van der Waals surface area contributed by atoms with Crippen LogP contribution in [0.25, 0.3) is 0 Å². The van der Waals surface area contributed by atoms with Gasteiger partial charge in [-0.1, -0.05) is 29.4 Å². The molecular weight excluding hydrogens is 216 g/mol. The average Bonchev–Trinajstić information content (AvgIpc) is 2.75. The highest BCUT2D eigenvalue weighted by molar-refractivity contribution is 5.24. The quantitative estimate of drug-likeness (QED) is 0.794. The first-order valence-electron chi connectivity index (χ1n) is 5.21. The first kappa shape index (κ1) is 11.1. The summed E-state index contributed by atoms with van der Waals surface area (Å²) >= 11 is 0. The minimum atomic E-state index is 0.435. The fraction of sp³-hybridized carbons (Fsp3) is 0.250. The zero-order chi connectivity index (χ0) is 12.1. The predicted octanol–water partition coefficient (Wildman–Crippen LogP) is 1.46. The molecule has 0 spiro atoms. The van der Waals surface area contributed by atoms with Crippen molar-refractivity contribution in [1.82, 2.24) is 14.8 Å². The Morgan fingerprint density at radius 3 is 2.59 bits per heavy atom. The Hall–Kier alpha value is -2.35. The van der Waals surface area contributed by atoms with Gasteiger partial charge in [0.05, 0.1) is 12.5 Å². The molecule has 0 aliphatic heterocycles. The van der Waals surface area contributed by atoms with Gasteiger partial charge in [-0.2, -0.15) is 5.26 Å². The minimum absolute atomic E-state index is 0.435. The smallest absolute Gasteiger partial charge is 0.316 e. The van der Waals surface area contributed by atoms with Gasteiger partial charge in [0, 0.05) is 7.05 Å². The second-order valence-corrected chi connectivity index (χ2v) is 3.66. The molecule has 0 bridgehead atoms. The molecule has 5 nitrogen and oxygen atoms in total. The van der Waals surface area contributed by atoms with Crippen LogP contribution >= 0.6 is 0 Å². The second-order valence-electron chi connectivity index (χ2n) is 3.66. The molecule has 1 aromatic heterocycles. The molecule has 0 atom stereocenters. The fourth-order valence-electron chi connectivity index (χ4n) is 1.40. The lowest BCUT2D eigenvalue weighted by Crippen LogP contribution is -2.00. The summed E-state index contributed by atoms with van der Waals surface area (Å²) in [6.07, 6.45) is 2.02. The third-order valence-corrected chi connectivity index (χ3v) is 2.34. The predicted molar refractivity (Wildman–Crippen MR) is 61.1 cm³/mol. The summed E-state index contributed by atoms with van der Waals surface area (Å²) < 4.78 is 7.20. The van der Waals surface area contributed by atoms with Crippen molar-refractivity contribution in [2.24, 2.45) is 7.05 Å². The standard InChI is InChI=1S/C12H12N4O/c1-16-9-14-15-12(16)17-8-11-4-2-10(3-5-11)6-7-13/h2-5,9H,6,8H2,1H3. The van der Waals surface area contributed by atoms with E-state index in [0.29, 0.717) is 19.0 Å². The van der Waals surface area contributed by atoms with Gasteiger partial charge in [-0.15, -0.1) is 5.10 Å². The van der Waals surface area contributed by atoms with Gasteiger partial charge in [0.15, 0.2) is 0 Å². The third-order valence-electron chi connectivity index (χ3n) is 2.34. The van der Waals surface area contributed by atoms with Crippen molar-refractivity contribution in [2.45, 2.75) is 13.0 Å². The van der Waals surface area contributed by atoms with E-state index < -0.39 is 0 Å². The highest BCUT2D eigenvalue weighted by Gasteiger charge is 2.01. The second kappa shape index (κ2) is 5.12. The summed E-state index contributed by atoms with van der Waals surface area (Å²) in [6.45, 7) is 0.444. The number of hydrogen-bond acceptors (Lipinski definition) is 4. The van der Waals surface area contributed by atoms with Crippen molar-refractivity contribution in [1.29, 1.82) is 5.26 Å². The average molecular weight is 228 g/mol. The summed E-state index contributed by atoms with van der Waals surface area (Å²) in [4.78, 5) is 0. The number of nitriles is 1. The zero-order valence-electron chi connectivity index (χ0n) is 9.50. The van der Waals surface area contributed by atoms with Crippen LogP contribution in [0.15, 0.2) is 30.6 Å². The van der Waals surface area contributed by atoms with E-state index >= 15 is 0 Å². The lowest BCUT2D eigenvalue weighted by atomic mass is 10.1. The summed E-state index contributed by atoms with van der Waals surface area (Å²) in [6, 6.07) is 10.4. The van der Waals surface area contributed by atoms with E-state index in [2.05, 4.69) is 16.3 Å². The third kappa shape index (κ3) is 2.82. The Labute approximate surface area is 99.3 Å². The van der Waals surface area contributed by atoms with Gasteiger partial charge >= 0.3 is 6.01 Å². The number of benzene rings is 1. The van der Waals surface area contributed by atoms with E-state index in [-0.39, 0.29) is 0 Å². The molecule has 86 valence electrons. The molecule has 2 rings (SSSR count). The number of rotatable bonds is 4. The van der Waals surface area contributed by atoms with Crippen molar-refractivity contribution in [2.75, 3.05) is 0 Å². The number of nitrogens with zero attached hydrogens (tertiary/aromatic N) is 4. The van der Waals surface area contributed by atoms with Gasteiger partial charge in [0.1, 0.15) is 12.9 Å². The summed E-state index contributed by atoms with van der Waals surface area (Å²) in [5.41, 5.74) is 2.05. The normalized spacial score (nSPS) is 9.88. The number of aryl methyl sites for hydroxylation is 1. The molecule has 1 heterocycles. The van der Waals surface area contributed by atoms with Crippen LogP contribution in [0.1, 0.15) is 11.1 Å². The van der Waals surface area contributed by atoms with E-state index in [0.717, 1.165) is 11.1 Å². The Kier molecular flexibility index (Phi) is 3.36. The van der Waals surface area contributed by atoms with Crippen molar-refractivity contribution in [3.8, 4) is 12.1 Å². The van der Waals surface area contributed by atoms with E-state index in [1.54, 1.807) is 10.9 Å². The van der Waals surface area contributed by atoms with Gasteiger partial charge in [-0.05, 0) is 11.1 Å². The van der Waals surface area contributed by atoms with Crippen LogP contribution in [0.2, 0.25) is 0 Å². The topological polar surface area (TPSA) is 63.7 Å². The molecule has 0 saturated heterocycles. The lowest BCUT2D eigenvalue weighted by molar-refractivity contribution is 0.270. The van der Waals surface area contributed by atoms with Crippen molar-refractivity contribution in [3.05, 3.63) is 41.7 Å². The molecule has 17 heavy (non-hydrogen) atoms. The molecule has 0 radical (unpaired) electrons. The van der Waals surface area contributed by atoms with Crippen LogP contribution in [0, 0.1) is 11.3 Å². The van der Waals surface area contributed by atoms with Gasteiger partial charge in [0.25, 0.3) is 0 Å². The van der Waals surface area contributed by atoms with E-state index in [4.69, 9.17) is 10.00 Å². The number of aromatic nitrogens is 3. The maximum Gasteiger partial charge on any atom is 0.316 e. The summed E-state index contributed by atoms with van der Waals surface area (Å²) in [5, 5.41) is 16.1. The SMILES string of the molecule is Cn1cnnc1OCc1ccc(CC#N)cc1. The molecule has 0 fully saturated rings. The Bertz CT molecular complexity index is 524. The molecule has 0 aliphatic carbocycles. The maximum atomic E-state index is 8.56. The van der Waals surface area contributed by atoms with Gasteiger partial charge in [-0.25, -0.2) is 0 Å². The Balaban J connectivity index is 1.96. The monoisotopic (exact) mass is 228 g/mol. The van der Waals surface area contributed by atoms with Crippen LogP contribution in [0.3, 0.4) is 0 Å². The van der Waals surface area contributed by atoms with Crippen molar-refractivity contribution in [3.63, 3.8) is 0 Å². The molecule has 0 saturated carbocycles. The Morgan fingerprint density at radius 2 is 2.00 bits per heavy atom. The molecule has 1 aromatic carbocycles. The molecule has 0 unspecified atom stereocenters. The molecule has 0 amide bonds. The number of hydrogen-bond donors (Lipinski definition) is 0. The van der Waals surface area contributed by atoms with Gasteiger partial charge in [0.2, 0.25) is 0 Å². The van der Waals surface area contributed by atoms with E-state index in [1.165, 1.54) is 0 Å². The molecular formula is C12H12N4O. The minimum Gasteiger partial charge on any atom is -0.459 e. The van der Waals surface area contributed by atoms with Crippen molar-refractivity contribution < 1.29 is 4.74 Å². The fourth-order valence-corrected chi connectivity index (χ4v) is 1.40. The molecule has 2 aromatic rings.